The zero-order valence-electron chi connectivity index (χ0n) is 14.2. The third kappa shape index (κ3) is 14.6. The third-order valence-electron chi connectivity index (χ3n) is 2.62. The molecule has 0 aliphatic rings. The monoisotopic (exact) mass is 272 g/mol. The molecule has 0 aliphatic heterocycles. The molecule has 0 aromatic heterocycles. The Morgan fingerprint density at radius 2 is 1.75 bits per heavy atom. The highest BCUT2D eigenvalue weighted by atomic mass is 14.0. The van der Waals surface area contributed by atoms with Crippen LogP contribution in [-0.2, 0) is 6.42 Å². The zero-order chi connectivity index (χ0) is 15.8. The minimum Gasteiger partial charge on any atom is -0.120 e. The topological polar surface area (TPSA) is 0 Å². The molecule has 0 saturated carbocycles. The van der Waals surface area contributed by atoms with Crippen molar-refractivity contribution < 1.29 is 0 Å². The Hall–Kier alpha value is -1.48. The average Bonchev–Trinajstić information content (AvgIpc) is 2.48. The summed E-state index contributed by atoms with van der Waals surface area (Å²) in [6, 6.07) is 10.3. The second-order valence-corrected chi connectivity index (χ2v) is 4.92. The quantitative estimate of drug-likeness (QED) is 0.447. The van der Waals surface area contributed by atoms with Crippen LogP contribution < -0.4 is 0 Å². The summed E-state index contributed by atoms with van der Waals surface area (Å²) in [6.07, 6.45) is 10.4. The molecule has 20 heavy (non-hydrogen) atoms. The van der Waals surface area contributed by atoms with E-state index in [0.29, 0.717) is 0 Å². The van der Waals surface area contributed by atoms with Gasteiger partial charge in [-0.15, -0.1) is 12.3 Å². The molecule has 0 bridgehead atoms. The summed E-state index contributed by atoms with van der Waals surface area (Å²) >= 11 is 0. The molecular weight excluding hydrogens is 240 g/mol. The number of allylic oxidation sites excluding steroid dienone is 2. The molecule has 0 atom stereocenters. The molecule has 0 saturated heterocycles. The minimum absolute atomic E-state index is 0.811. The molecule has 1 rings (SSSR count). The van der Waals surface area contributed by atoms with E-state index < -0.39 is 0 Å². The van der Waals surface area contributed by atoms with E-state index in [9.17, 15) is 0 Å². The minimum atomic E-state index is 0.811. The van der Waals surface area contributed by atoms with Gasteiger partial charge in [-0.1, -0.05) is 69.7 Å². The molecule has 0 amide bonds. The highest BCUT2D eigenvalue weighted by Gasteiger charge is 1.92. The molecule has 112 valence electrons. The fourth-order valence-electron chi connectivity index (χ4n) is 1.62. The van der Waals surface area contributed by atoms with Gasteiger partial charge in [0.25, 0.3) is 0 Å². The van der Waals surface area contributed by atoms with E-state index in [0.717, 1.165) is 18.8 Å². The summed E-state index contributed by atoms with van der Waals surface area (Å²) in [5.74, 6) is 3.43. The lowest BCUT2D eigenvalue weighted by molar-refractivity contribution is 0.642. The van der Waals surface area contributed by atoms with Crippen LogP contribution in [0.1, 0.15) is 59.9 Å². The predicted molar refractivity (Wildman–Crippen MR) is 93.8 cm³/mol. The van der Waals surface area contributed by atoms with Crippen LogP contribution in [-0.4, -0.2) is 0 Å². The first kappa shape index (κ1) is 20.8. The number of terminal acetylenes is 1. The van der Waals surface area contributed by atoms with E-state index in [1.54, 1.807) is 0 Å². The second kappa shape index (κ2) is 15.6. The van der Waals surface area contributed by atoms with E-state index in [4.69, 9.17) is 6.42 Å². The molecular formula is C20H32. The standard InChI is InChI=1S/C10H10.C8H16.C2H6/c1-2-3-7-10-8-5-4-6-9-10;1-5-8(4)6-7(2)3;1-2/h1,4-6,8-9H,3,7H2;5,7H,6H2,1-4H3;1-2H3/b;8-5+;. The lowest BCUT2D eigenvalue weighted by atomic mass is 10.0. The van der Waals surface area contributed by atoms with E-state index in [2.05, 4.69) is 51.8 Å². The van der Waals surface area contributed by atoms with E-state index >= 15 is 0 Å². The summed E-state index contributed by atoms with van der Waals surface area (Å²) in [4.78, 5) is 0. The average molecular weight is 272 g/mol. The van der Waals surface area contributed by atoms with Gasteiger partial charge < -0.3 is 0 Å². The van der Waals surface area contributed by atoms with Gasteiger partial charge in [0.2, 0.25) is 0 Å². The predicted octanol–water partition coefficient (Wildman–Crippen LogP) is 6.28. The molecule has 1 aromatic rings. The molecule has 0 heteroatoms. The lowest BCUT2D eigenvalue weighted by Crippen LogP contribution is -1.86. The fraction of sp³-hybridized carbons (Fsp3) is 0.500. The van der Waals surface area contributed by atoms with Crippen molar-refractivity contribution in [3.05, 3.63) is 47.5 Å². The van der Waals surface area contributed by atoms with Gasteiger partial charge >= 0.3 is 0 Å². The fourth-order valence-corrected chi connectivity index (χ4v) is 1.62. The van der Waals surface area contributed by atoms with Crippen molar-refractivity contribution in [2.75, 3.05) is 0 Å². The Bertz CT molecular complexity index is 363. The van der Waals surface area contributed by atoms with Crippen molar-refractivity contribution in [2.24, 2.45) is 5.92 Å². The van der Waals surface area contributed by atoms with Crippen molar-refractivity contribution in [3.63, 3.8) is 0 Å². The maximum absolute atomic E-state index is 5.13. The number of aryl methyl sites for hydroxylation is 1. The second-order valence-electron chi connectivity index (χ2n) is 4.92. The van der Waals surface area contributed by atoms with Gasteiger partial charge in [-0.2, -0.15) is 0 Å². The van der Waals surface area contributed by atoms with Crippen LogP contribution in [0.3, 0.4) is 0 Å². The lowest BCUT2D eigenvalue weighted by Gasteiger charge is -2.01. The Morgan fingerprint density at radius 1 is 1.20 bits per heavy atom. The summed E-state index contributed by atoms with van der Waals surface area (Å²) < 4.78 is 0. The van der Waals surface area contributed by atoms with Gasteiger partial charge in [0.1, 0.15) is 0 Å². The molecule has 0 heterocycles. The van der Waals surface area contributed by atoms with Crippen LogP contribution >= 0.6 is 0 Å². The summed E-state index contributed by atoms with van der Waals surface area (Å²) in [5.41, 5.74) is 2.82. The van der Waals surface area contributed by atoms with Crippen LogP contribution in [0.4, 0.5) is 0 Å². The van der Waals surface area contributed by atoms with Crippen LogP contribution in [0.2, 0.25) is 0 Å². The van der Waals surface area contributed by atoms with Crippen molar-refractivity contribution in [1.82, 2.24) is 0 Å². The first-order valence-electron chi connectivity index (χ1n) is 7.69. The van der Waals surface area contributed by atoms with Gasteiger partial charge in [0.15, 0.2) is 0 Å². The van der Waals surface area contributed by atoms with Gasteiger partial charge in [-0.3, -0.25) is 0 Å². The van der Waals surface area contributed by atoms with Crippen molar-refractivity contribution in [3.8, 4) is 12.3 Å². The van der Waals surface area contributed by atoms with E-state index in [1.165, 1.54) is 17.6 Å². The van der Waals surface area contributed by atoms with Crippen LogP contribution in [0.5, 0.6) is 0 Å². The van der Waals surface area contributed by atoms with Gasteiger partial charge in [-0.05, 0) is 38.2 Å². The molecule has 0 radical (unpaired) electrons. The SMILES string of the molecule is C#CCCc1ccccc1.C/C=C(\C)CC(C)C.CC. The van der Waals surface area contributed by atoms with Crippen LogP contribution in [0, 0.1) is 18.3 Å². The number of rotatable bonds is 4. The van der Waals surface area contributed by atoms with Crippen molar-refractivity contribution in [2.45, 2.75) is 60.8 Å². The number of hydrogen-bond acceptors (Lipinski definition) is 0. The zero-order valence-corrected chi connectivity index (χ0v) is 14.2. The maximum Gasteiger partial charge on any atom is 0.0127 e. The number of benzene rings is 1. The third-order valence-corrected chi connectivity index (χ3v) is 2.62. The molecule has 0 N–H and O–H groups in total. The van der Waals surface area contributed by atoms with Gasteiger partial charge in [-0.25, -0.2) is 0 Å². The molecule has 0 unspecified atom stereocenters. The first-order chi connectivity index (χ1) is 9.60. The van der Waals surface area contributed by atoms with Gasteiger partial charge in [0.05, 0.1) is 0 Å². The first-order valence-corrected chi connectivity index (χ1v) is 7.69. The molecule has 0 fully saturated rings. The Labute approximate surface area is 127 Å². The van der Waals surface area contributed by atoms with Crippen LogP contribution in [0.15, 0.2) is 42.0 Å². The Kier molecular flexibility index (Phi) is 16.2. The number of hydrogen-bond donors (Lipinski definition) is 0. The largest absolute Gasteiger partial charge is 0.120 e. The molecule has 0 aliphatic carbocycles. The molecule has 0 spiro atoms. The van der Waals surface area contributed by atoms with Crippen molar-refractivity contribution >= 4 is 0 Å². The maximum atomic E-state index is 5.13. The highest BCUT2D eigenvalue weighted by Crippen LogP contribution is 2.08. The Morgan fingerprint density at radius 3 is 2.10 bits per heavy atom. The molecule has 1 aromatic carbocycles. The molecule has 0 nitrogen and oxygen atoms in total. The highest BCUT2D eigenvalue weighted by molar-refractivity contribution is 5.15. The smallest absolute Gasteiger partial charge is 0.0127 e. The summed E-state index contributed by atoms with van der Waals surface area (Å²) in [6.45, 7) is 12.8. The van der Waals surface area contributed by atoms with Crippen LogP contribution in [0.25, 0.3) is 0 Å². The summed E-state index contributed by atoms with van der Waals surface area (Å²) in [7, 11) is 0. The van der Waals surface area contributed by atoms with E-state index in [1.807, 2.05) is 32.0 Å². The normalized spacial score (nSPS) is 9.80. The van der Waals surface area contributed by atoms with Crippen molar-refractivity contribution in [1.29, 1.82) is 0 Å². The summed E-state index contributed by atoms with van der Waals surface area (Å²) in [5, 5.41) is 0. The Balaban J connectivity index is 0. The van der Waals surface area contributed by atoms with Gasteiger partial charge in [0, 0.05) is 6.42 Å². The van der Waals surface area contributed by atoms with E-state index in [-0.39, 0.29) is 0 Å².